The number of anilines is 1. The summed E-state index contributed by atoms with van der Waals surface area (Å²) in [6.07, 6.45) is 0.266. The molecule has 0 atom stereocenters. The largest absolute Gasteiger partial charge is 0.308 e. The highest BCUT2D eigenvalue weighted by atomic mass is 35.5. The van der Waals surface area contributed by atoms with E-state index in [0.717, 1.165) is 33.5 Å². The lowest BCUT2D eigenvalue weighted by Crippen LogP contribution is -2.36. The molecule has 2 aromatic carbocycles. The molecule has 0 unspecified atom stereocenters. The summed E-state index contributed by atoms with van der Waals surface area (Å²) in [6, 6.07) is 8.85. The predicted octanol–water partition coefficient (Wildman–Crippen LogP) is 4.62. The molecule has 0 N–H and O–H groups in total. The van der Waals surface area contributed by atoms with E-state index in [1.54, 1.807) is 4.90 Å². The molecule has 1 aromatic heterocycles. The van der Waals surface area contributed by atoms with Crippen LogP contribution in [0.15, 0.2) is 41.3 Å². The third-order valence-electron chi connectivity index (χ3n) is 5.09. The Kier molecular flexibility index (Phi) is 9.37. The highest BCUT2D eigenvalue weighted by molar-refractivity contribution is 7.91. The number of halogens is 2. The van der Waals surface area contributed by atoms with Crippen molar-refractivity contribution in [2.45, 2.75) is 31.6 Å². The molecule has 10 heteroatoms. The van der Waals surface area contributed by atoms with Gasteiger partial charge in [-0.3, -0.25) is 9.69 Å². The maximum Gasteiger partial charge on any atom is 0.228 e. The van der Waals surface area contributed by atoms with E-state index in [9.17, 15) is 17.6 Å². The minimum Gasteiger partial charge on any atom is -0.308 e. The molecule has 0 saturated heterocycles. The minimum atomic E-state index is -3.58. The molecule has 0 aliphatic carbocycles. The molecule has 0 radical (unpaired) electrons. The van der Waals surface area contributed by atoms with Crippen molar-refractivity contribution in [1.29, 1.82) is 0 Å². The number of fused-ring (bicyclic) bond motifs is 1. The molecule has 0 bridgehead atoms. The SMILES string of the molecule is Cc1cc(C)c2sc(N(CCN(C)C)C(=O)CCCS(=O)(=O)c3ccc(F)cc3)nc2c1.Cl. The van der Waals surface area contributed by atoms with Crippen LogP contribution in [0.2, 0.25) is 0 Å². The van der Waals surface area contributed by atoms with Gasteiger partial charge in [0.25, 0.3) is 0 Å². The van der Waals surface area contributed by atoms with Crippen LogP contribution in [0.1, 0.15) is 24.0 Å². The quantitative estimate of drug-likeness (QED) is 0.390. The van der Waals surface area contributed by atoms with E-state index >= 15 is 0 Å². The molecule has 6 nitrogen and oxygen atoms in total. The smallest absolute Gasteiger partial charge is 0.228 e. The number of hydrogen-bond donors (Lipinski definition) is 0. The fourth-order valence-electron chi connectivity index (χ4n) is 3.42. The standard InChI is InChI=1S/C23H28FN3O3S2.ClH/c1-16-14-17(2)22-20(15-16)25-23(31-22)27(12-11-26(3)4)21(28)6-5-13-32(29,30)19-9-7-18(24)8-10-19;/h7-10,14-15H,5-6,11-13H2,1-4H3;1H. The Balaban J connectivity index is 0.00000385. The number of nitrogens with zero attached hydrogens (tertiary/aromatic N) is 3. The monoisotopic (exact) mass is 513 g/mol. The fraction of sp³-hybridized carbons (Fsp3) is 0.391. The Morgan fingerprint density at radius 1 is 1.09 bits per heavy atom. The van der Waals surface area contributed by atoms with E-state index in [-0.39, 0.29) is 41.8 Å². The van der Waals surface area contributed by atoms with Gasteiger partial charge < -0.3 is 4.90 Å². The highest BCUT2D eigenvalue weighted by Crippen LogP contribution is 2.32. The van der Waals surface area contributed by atoms with Gasteiger partial charge in [-0.1, -0.05) is 17.4 Å². The molecule has 0 spiro atoms. The zero-order chi connectivity index (χ0) is 23.5. The van der Waals surface area contributed by atoms with E-state index in [1.165, 1.54) is 23.5 Å². The number of amides is 1. The first-order chi connectivity index (χ1) is 15.1. The second-order valence-electron chi connectivity index (χ2n) is 8.15. The van der Waals surface area contributed by atoms with Gasteiger partial charge in [0, 0.05) is 19.5 Å². The number of carbonyl (C=O) groups excluding carboxylic acids is 1. The molecule has 0 fully saturated rings. The summed E-state index contributed by atoms with van der Waals surface area (Å²) in [5, 5.41) is 0.627. The predicted molar refractivity (Wildman–Crippen MR) is 135 cm³/mol. The van der Waals surface area contributed by atoms with Crippen molar-refractivity contribution in [3.63, 3.8) is 0 Å². The molecule has 3 aromatic rings. The van der Waals surface area contributed by atoms with E-state index in [4.69, 9.17) is 4.98 Å². The lowest BCUT2D eigenvalue weighted by molar-refractivity contribution is -0.118. The Bertz CT molecular complexity index is 1210. The third kappa shape index (κ3) is 6.96. The third-order valence-corrected chi connectivity index (χ3v) is 8.13. The Labute approximate surface area is 204 Å². The normalized spacial score (nSPS) is 11.6. The zero-order valence-corrected chi connectivity index (χ0v) is 21.6. The molecular formula is C23H29ClFN3O3S2. The van der Waals surface area contributed by atoms with Gasteiger partial charge >= 0.3 is 0 Å². The van der Waals surface area contributed by atoms with Crippen LogP contribution in [0.5, 0.6) is 0 Å². The number of aryl methyl sites for hydroxylation is 2. The van der Waals surface area contributed by atoms with Gasteiger partial charge in [0.1, 0.15) is 5.82 Å². The van der Waals surface area contributed by atoms with Crippen molar-refractivity contribution >= 4 is 54.8 Å². The van der Waals surface area contributed by atoms with Gasteiger partial charge in [-0.2, -0.15) is 0 Å². The number of benzene rings is 2. The molecule has 33 heavy (non-hydrogen) atoms. The first-order valence-corrected chi connectivity index (χ1v) is 12.8. The number of rotatable bonds is 9. The number of carbonyl (C=O) groups is 1. The number of hydrogen-bond acceptors (Lipinski definition) is 6. The van der Waals surface area contributed by atoms with Crippen molar-refractivity contribution in [3.05, 3.63) is 53.3 Å². The maximum atomic E-state index is 13.1. The van der Waals surface area contributed by atoms with Crippen LogP contribution < -0.4 is 4.90 Å². The summed E-state index contributed by atoms with van der Waals surface area (Å²) in [5.41, 5.74) is 3.10. The molecular weight excluding hydrogens is 485 g/mol. The van der Waals surface area contributed by atoms with Crippen LogP contribution in [0.25, 0.3) is 10.2 Å². The zero-order valence-electron chi connectivity index (χ0n) is 19.2. The topological polar surface area (TPSA) is 70.6 Å². The first-order valence-electron chi connectivity index (χ1n) is 10.4. The molecule has 0 aliphatic rings. The average Bonchev–Trinajstić information content (AvgIpc) is 3.12. The number of likely N-dealkylation sites (N-methyl/N-ethyl adjacent to an activating group) is 1. The van der Waals surface area contributed by atoms with Gasteiger partial charge in [-0.25, -0.2) is 17.8 Å². The number of sulfone groups is 1. The van der Waals surface area contributed by atoms with Gasteiger partial charge in [0.05, 0.1) is 20.9 Å². The van der Waals surface area contributed by atoms with Crippen LogP contribution in [0.4, 0.5) is 9.52 Å². The second-order valence-corrected chi connectivity index (χ2v) is 11.2. The minimum absolute atomic E-state index is 0. The molecule has 0 aliphatic heterocycles. The number of thiazole rings is 1. The van der Waals surface area contributed by atoms with Gasteiger partial charge in [0.15, 0.2) is 15.0 Å². The van der Waals surface area contributed by atoms with E-state index in [0.29, 0.717) is 18.2 Å². The summed E-state index contributed by atoms with van der Waals surface area (Å²) >= 11 is 1.48. The van der Waals surface area contributed by atoms with Crippen molar-refractivity contribution < 1.29 is 17.6 Å². The molecule has 0 saturated carbocycles. The molecule has 3 rings (SSSR count). The summed E-state index contributed by atoms with van der Waals surface area (Å²) in [6.45, 7) is 5.17. The van der Waals surface area contributed by atoms with E-state index in [1.807, 2.05) is 38.9 Å². The average molecular weight is 514 g/mol. The summed E-state index contributed by atoms with van der Waals surface area (Å²) in [4.78, 5) is 21.5. The highest BCUT2D eigenvalue weighted by Gasteiger charge is 2.22. The summed E-state index contributed by atoms with van der Waals surface area (Å²) in [7, 11) is 0.290. The Morgan fingerprint density at radius 3 is 2.39 bits per heavy atom. The van der Waals surface area contributed by atoms with Gasteiger partial charge in [-0.15, -0.1) is 12.4 Å². The lowest BCUT2D eigenvalue weighted by Gasteiger charge is -2.22. The maximum absolute atomic E-state index is 13.1. The second kappa shape index (κ2) is 11.4. The van der Waals surface area contributed by atoms with Crippen LogP contribution in [-0.4, -0.2) is 57.1 Å². The fourth-order valence-corrected chi connectivity index (χ4v) is 5.79. The van der Waals surface area contributed by atoms with Crippen molar-refractivity contribution in [1.82, 2.24) is 9.88 Å². The van der Waals surface area contributed by atoms with Crippen molar-refractivity contribution in [2.75, 3.05) is 37.8 Å². The number of aromatic nitrogens is 1. The Hall–Kier alpha value is -2.07. The Morgan fingerprint density at radius 2 is 1.76 bits per heavy atom. The molecule has 180 valence electrons. The van der Waals surface area contributed by atoms with Crippen LogP contribution in [-0.2, 0) is 14.6 Å². The summed E-state index contributed by atoms with van der Waals surface area (Å²) < 4.78 is 39.1. The van der Waals surface area contributed by atoms with Gasteiger partial charge in [0.2, 0.25) is 5.91 Å². The van der Waals surface area contributed by atoms with Crippen LogP contribution in [0, 0.1) is 19.7 Å². The lowest BCUT2D eigenvalue weighted by atomic mass is 10.1. The summed E-state index contributed by atoms with van der Waals surface area (Å²) in [5.74, 6) is -0.823. The van der Waals surface area contributed by atoms with Crippen molar-refractivity contribution in [3.8, 4) is 0 Å². The van der Waals surface area contributed by atoms with E-state index < -0.39 is 15.7 Å². The van der Waals surface area contributed by atoms with Crippen LogP contribution in [0.3, 0.4) is 0 Å². The molecule has 1 heterocycles. The van der Waals surface area contributed by atoms with Crippen LogP contribution >= 0.6 is 23.7 Å². The molecule has 1 amide bonds. The van der Waals surface area contributed by atoms with Crippen molar-refractivity contribution in [2.24, 2.45) is 0 Å². The van der Waals surface area contributed by atoms with E-state index in [2.05, 4.69) is 6.07 Å². The van der Waals surface area contributed by atoms with Gasteiger partial charge in [-0.05, 0) is 75.8 Å². The first kappa shape index (κ1) is 27.2.